The van der Waals surface area contributed by atoms with E-state index in [0.717, 1.165) is 35.8 Å². The average molecular weight is 427 g/mol. The molecule has 8 heteroatoms. The lowest BCUT2D eigenvalue weighted by Gasteiger charge is -2.41. The fraction of sp³-hybridized carbons (Fsp3) is 0.478. The molecule has 1 amide bonds. The first-order valence-electron chi connectivity index (χ1n) is 10.5. The highest BCUT2D eigenvalue weighted by molar-refractivity contribution is 5.89. The molecule has 0 aliphatic carbocycles. The summed E-state index contributed by atoms with van der Waals surface area (Å²) in [6.45, 7) is 5.81. The molecule has 0 bridgehead atoms. The monoisotopic (exact) mass is 426 g/mol. The van der Waals surface area contributed by atoms with Gasteiger partial charge in [-0.15, -0.1) is 0 Å². The maximum Gasteiger partial charge on any atom is 0.233 e. The lowest BCUT2D eigenvalue weighted by atomic mass is 9.79. The first-order valence-corrected chi connectivity index (χ1v) is 10.5. The number of hydrogen-bond donors (Lipinski definition) is 2. The Morgan fingerprint density at radius 1 is 1.23 bits per heavy atom. The summed E-state index contributed by atoms with van der Waals surface area (Å²) in [4.78, 5) is 20.5. The number of hydrogen-bond acceptors (Lipinski definition) is 7. The molecule has 0 spiro atoms. The molecule has 1 saturated heterocycles. The number of nitrogens with one attached hydrogen (secondary N) is 2. The third-order valence-electron chi connectivity index (χ3n) is 5.88. The van der Waals surface area contributed by atoms with E-state index in [0.29, 0.717) is 32.2 Å². The number of aromatic nitrogens is 1. The standard InChI is InChI=1S/C23H30N4O4/c1-23(22(28)25-18-13-31-14-18)15-27(10-11-29-2)12-16-4-9-20(26-21(16)23)24-17-5-7-19(30-3)8-6-17/h4-9,18H,10-15H2,1-3H3,(H,24,26)(H,25,28). The Labute approximate surface area is 182 Å². The molecule has 2 aromatic rings. The average Bonchev–Trinajstić information content (AvgIpc) is 2.75. The van der Waals surface area contributed by atoms with Gasteiger partial charge in [0.2, 0.25) is 5.91 Å². The minimum atomic E-state index is -0.769. The van der Waals surface area contributed by atoms with Crippen molar-refractivity contribution in [3.8, 4) is 5.75 Å². The normalized spacial score (nSPS) is 21.1. The van der Waals surface area contributed by atoms with Gasteiger partial charge in [0.1, 0.15) is 17.0 Å². The molecule has 0 saturated carbocycles. The van der Waals surface area contributed by atoms with Gasteiger partial charge < -0.3 is 24.8 Å². The van der Waals surface area contributed by atoms with Gasteiger partial charge in [0.05, 0.1) is 38.7 Å². The molecule has 31 heavy (non-hydrogen) atoms. The van der Waals surface area contributed by atoms with Crippen molar-refractivity contribution in [2.24, 2.45) is 0 Å². The molecule has 1 unspecified atom stereocenters. The van der Waals surface area contributed by atoms with Gasteiger partial charge in [0, 0.05) is 32.4 Å². The third kappa shape index (κ3) is 4.66. The van der Waals surface area contributed by atoms with E-state index < -0.39 is 5.41 Å². The summed E-state index contributed by atoms with van der Waals surface area (Å²) in [5.41, 5.74) is 2.01. The lowest BCUT2D eigenvalue weighted by molar-refractivity contribution is -0.132. The van der Waals surface area contributed by atoms with Crippen LogP contribution in [0.25, 0.3) is 0 Å². The van der Waals surface area contributed by atoms with Gasteiger partial charge in [-0.1, -0.05) is 6.07 Å². The predicted molar refractivity (Wildman–Crippen MR) is 118 cm³/mol. The van der Waals surface area contributed by atoms with Crippen molar-refractivity contribution in [1.82, 2.24) is 15.2 Å². The molecule has 166 valence electrons. The van der Waals surface area contributed by atoms with Crippen LogP contribution in [0.4, 0.5) is 11.5 Å². The van der Waals surface area contributed by atoms with Gasteiger partial charge in [-0.2, -0.15) is 0 Å². The van der Waals surface area contributed by atoms with Gasteiger partial charge >= 0.3 is 0 Å². The van der Waals surface area contributed by atoms with Crippen LogP contribution in [0.3, 0.4) is 0 Å². The van der Waals surface area contributed by atoms with E-state index in [1.807, 2.05) is 37.3 Å². The maximum absolute atomic E-state index is 13.3. The Morgan fingerprint density at radius 3 is 2.65 bits per heavy atom. The van der Waals surface area contributed by atoms with E-state index in [4.69, 9.17) is 19.2 Å². The van der Waals surface area contributed by atoms with E-state index in [2.05, 4.69) is 21.6 Å². The van der Waals surface area contributed by atoms with Crippen LogP contribution >= 0.6 is 0 Å². The highest BCUT2D eigenvalue weighted by Crippen LogP contribution is 2.34. The second-order valence-electron chi connectivity index (χ2n) is 8.30. The first-order chi connectivity index (χ1) is 15.0. The molecule has 4 rings (SSSR count). The number of pyridine rings is 1. The summed E-state index contributed by atoms with van der Waals surface area (Å²) >= 11 is 0. The minimum absolute atomic E-state index is 0.0155. The molecule has 2 N–H and O–H groups in total. The second kappa shape index (κ2) is 9.21. The van der Waals surface area contributed by atoms with E-state index in [1.165, 1.54) is 0 Å². The van der Waals surface area contributed by atoms with Gasteiger partial charge in [-0.3, -0.25) is 9.69 Å². The molecule has 0 radical (unpaired) electrons. The molecule has 1 aromatic heterocycles. The lowest BCUT2D eigenvalue weighted by Crippen LogP contribution is -2.59. The Bertz CT molecular complexity index is 916. The van der Waals surface area contributed by atoms with Crippen molar-refractivity contribution < 1.29 is 19.0 Å². The summed E-state index contributed by atoms with van der Waals surface area (Å²) in [6, 6.07) is 11.8. The second-order valence-corrected chi connectivity index (χ2v) is 8.30. The molecule has 1 fully saturated rings. The maximum atomic E-state index is 13.3. The van der Waals surface area contributed by atoms with Crippen LogP contribution in [-0.4, -0.2) is 69.0 Å². The van der Waals surface area contributed by atoms with Gasteiger partial charge in [0.15, 0.2) is 0 Å². The molecular weight excluding hydrogens is 396 g/mol. The van der Waals surface area contributed by atoms with Crippen molar-refractivity contribution in [1.29, 1.82) is 0 Å². The van der Waals surface area contributed by atoms with Crippen molar-refractivity contribution in [3.63, 3.8) is 0 Å². The van der Waals surface area contributed by atoms with Crippen LogP contribution in [0.15, 0.2) is 36.4 Å². The van der Waals surface area contributed by atoms with Crippen molar-refractivity contribution in [2.75, 3.05) is 52.4 Å². The highest BCUT2D eigenvalue weighted by atomic mass is 16.5. The molecule has 1 aromatic carbocycles. The van der Waals surface area contributed by atoms with E-state index in [9.17, 15) is 4.79 Å². The van der Waals surface area contributed by atoms with Crippen LogP contribution < -0.4 is 15.4 Å². The zero-order valence-corrected chi connectivity index (χ0v) is 18.3. The summed E-state index contributed by atoms with van der Waals surface area (Å²) in [7, 11) is 3.34. The van der Waals surface area contributed by atoms with Crippen LogP contribution in [0, 0.1) is 0 Å². The molecular formula is C23H30N4O4. The van der Waals surface area contributed by atoms with E-state index in [1.54, 1.807) is 14.2 Å². The van der Waals surface area contributed by atoms with Gasteiger partial charge in [-0.25, -0.2) is 4.98 Å². The molecule has 8 nitrogen and oxygen atoms in total. The fourth-order valence-corrected chi connectivity index (χ4v) is 4.03. The summed E-state index contributed by atoms with van der Waals surface area (Å²) in [5.74, 6) is 1.49. The van der Waals surface area contributed by atoms with Crippen molar-refractivity contribution in [3.05, 3.63) is 47.7 Å². The number of amides is 1. The largest absolute Gasteiger partial charge is 0.497 e. The fourth-order valence-electron chi connectivity index (χ4n) is 4.03. The molecule has 1 atom stereocenters. The number of benzene rings is 1. The molecule has 3 heterocycles. The Kier molecular flexibility index (Phi) is 6.41. The number of rotatable bonds is 8. The van der Waals surface area contributed by atoms with Crippen LogP contribution in [0.1, 0.15) is 18.2 Å². The van der Waals surface area contributed by atoms with E-state index in [-0.39, 0.29) is 11.9 Å². The van der Waals surface area contributed by atoms with E-state index >= 15 is 0 Å². The Balaban J connectivity index is 1.61. The predicted octanol–water partition coefficient (Wildman–Crippen LogP) is 2.07. The topological polar surface area (TPSA) is 85.0 Å². The third-order valence-corrected chi connectivity index (χ3v) is 5.88. The van der Waals surface area contributed by atoms with Crippen LogP contribution in [0.5, 0.6) is 5.75 Å². The molecule has 2 aliphatic rings. The SMILES string of the molecule is COCCN1Cc2ccc(Nc3ccc(OC)cc3)nc2C(C)(C(=O)NC2COC2)C1. The van der Waals surface area contributed by atoms with Gasteiger partial charge in [0.25, 0.3) is 0 Å². The first kappa shape index (κ1) is 21.5. The highest BCUT2D eigenvalue weighted by Gasteiger charge is 2.44. The van der Waals surface area contributed by atoms with Crippen LogP contribution in [-0.2, 0) is 26.2 Å². The number of anilines is 2. The Hall–Kier alpha value is -2.68. The minimum Gasteiger partial charge on any atom is -0.497 e. The zero-order valence-electron chi connectivity index (χ0n) is 18.3. The van der Waals surface area contributed by atoms with Crippen LogP contribution in [0.2, 0.25) is 0 Å². The summed E-state index contributed by atoms with van der Waals surface area (Å²) in [6.07, 6.45) is 0. The number of methoxy groups -OCH3 is 2. The Morgan fingerprint density at radius 2 is 2.00 bits per heavy atom. The summed E-state index contributed by atoms with van der Waals surface area (Å²) < 4.78 is 15.7. The van der Waals surface area contributed by atoms with Crippen molar-refractivity contribution in [2.45, 2.75) is 24.9 Å². The smallest absolute Gasteiger partial charge is 0.233 e. The number of nitrogens with zero attached hydrogens (tertiary/aromatic N) is 2. The number of carbonyl (C=O) groups is 1. The number of ether oxygens (including phenoxy) is 3. The van der Waals surface area contributed by atoms with Gasteiger partial charge in [-0.05, 0) is 42.8 Å². The summed E-state index contributed by atoms with van der Waals surface area (Å²) in [5, 5.41) is 6.47. The molecule has 2 aliphatic heterocycles. The zero-order chi connectivity index (χ0) is 21.8. The number of fused-ring (bicyclic) bond motifs is 1. The quantitative estimate of drug-likeness (QED) is 0.668. The van der Waals surface area contributed by atoms with Crippen molar-refractivity contribution >= 4 is 17.4 Å². The number of carbonyl (C=O) groups excluding carboxylic acids is 1.